The molecule has 0 amide bonds. The van der Waals surface area contributed by atoms with E-state index < -0.39 is 11.1 Å². The zero-order valence-corrected chi connectivity index (χ0v) is 11.8. The van der Waals surface area contributed by atoms with Gasteiger partial charge in [-0.25, -0.2) is 0 Å². The molecule has 104 valence electrons. The minimum atomic E-state index is -4.19. The van der Waals surface area contributed by atoms with E-state index in [0.717, 1.165) is 35.5 Å². The van der Waals surface area contributed by atoms with Crippen LogP contribution in [0.25, 0.3) is 0 Å². The fraction of sp³-hybridized carbons (Fsp3) is 0.714. The number of thiophene rings is 1. The van der Waals surface area contributed by atoms with Crippen LogP contribution in [-0.2, 0) is 6.18 Å². The van der Waals surface area contributed by atoms with Gasteiger partial charge in [0.15, 0.2) is 0 Å². The number of rotatable bonds is 7. The second-order valence-corrected chi connectivity index (χ2v) is 5.77. The number of hydrogen-bond acceptors (Lipinski definition) is 1. The summed E-state index contributed by atoms with van der Waals surface area (Å²) in [7, 11) is 0. The van der Waals surface area contributed by atoms with Crippen LogP contribution in [0.5, 0.6) is 0 Å². The summed E-state index contributed by atoms with van der Waals surface area (Å²) in [5.41, 5.74) is 0. The van der Waals surface area contributed by atoms with Crippen LogP contribution in [0.15, 0.2) is 12.1 Å². The van der Waals surface area contributed by atoms with Gasteiger partial charge in [0.25, 0.3) is 0 Å². The molecule has 0 saturated carbocycles. The Morgan fingerprint density at radius 2 is 1.83 bits per heavy atom. The fourth-order valence-electron chi connectivity index (χ4n) is 2.09. The predicted molar refractivity (Wildman–Crippen MR) is 71.1 cm³/mol. The molecule has 1 aromatic rings. The van der Waals surface area contributed by atoms with Crippen molar-refractivity contribution in [2.75, 3.05) is 0 Å². The summed E-state index contributed by atoms with van der Waals surface area (Å²) in [5, 5.41) is 0. The number of alkyl halides is 3. The third-order valence-electron chi connectivity index (χ3n) is 3.21. The average Bonchev–Trinajstić information content (AvgIpc) is 2.78. The third kappa shape index (κ3) is 4.63. The van der Waals surface area contributed by atoms with Crippen molar-refractivity contribution >= 4 is 11.3 Å². The summed E-state index contributed by atoms with van der Waals surface area (Å²) in [6.45, 7) is 4.21. The topological polar surface area (TPSA) is 0 Å². The van der Waals surface area contributed by atoms with Crippen molar-refractivity contribution in [3.05, 3.63) is 21.9 Å². The second kappa shape index (κ2) is 7.17. The van der Waals surface area contributed by atoms with Gasteiger partial charge in [-0.15, -0.1) is 11.3 Å². The summed E-state index contributed by atoms with van der Waals surface area (Å²) in [5.74, 6) is 0.294. The van der Waals surface area contributed by atoms with Crippen LogP contribution in [-0.4, -0.2) is 0 Å². The molecule has 0 bridgehead atoms. The molecule has 0 aliphatic carbocycles. The smallest absolute Gasteiger partial charge is 0.165 e. The molecule has 0 aliphatic rings. The Kier molecular flexibility index (Phi) is 6.19. The molecule has 0 radical (unpaired) electrons. The van der Waals surface area contributed by atoms with Crippen molar-refractivity contribution in [2.24, 2.45) is 0 Å². The lowest BCUT2D eigenvalue weighted by molar-refractivity contribution is -0.134. The van der Waals surface area contributed by atoms with Gasteiger partial charge in [-0.1, -0.05) is 39.5 Å². The van der Waals surface area contributed by atoms with Gasteiger partial charge in [-0.2, -0.15) is 13.2 Å². The summed E-state index contributed by atoms with van der Waals surface area (Å²) in [6.07, 6.45) is 2.44. The van der Waals surface area contributed by atoms with Crippen molar-refractivity contribution in [3.63, 3.8) is 0 Å². The first-order chi connectivity index (χ1) is 8.49. The van der Waals surface area contributed by atoms with Crippen LogP contribution < -0.4 is 0 Å². The highest BCUT2D eigenvalue weighted by molar-refractivity contribution is 7.12. The van der Waals surface area contributed by atoms with Gasteiger partial charge in [0.1, 0.15) is 4.88 Å². The minimum absolute atomic E-state index is 0.294. The van der Waals surface area contributed by atoms with E-state index in [1.54, 1.807) is 6.07 Å². The largest absolute Gasteiger partial charge is 0.425 e. The summed E-state index contributed by atoms with van der Waals surface area (Å²) in [6, 6.07) is 2.87. The molecule has 0 fully saturated rings. The van der Waals surface area contributed by atoms with Gasteiger partial charge in [0.05, 0.1) is 0 Å². The Bertz CT molecular complexity index is 341. The summed E-state index contributed by atoms with van der Waals surface area (Å²) >= 11 is 0.911. The minimum Gasteiger partial charge on any atom is -0.165 e. The molecule has 1 aromatic heterocycles. The van der Waals surface area contributed by atoms with E-state index in [1.165, 1.54) is 25.3 Å². The lowest BCUT2D eigenvalue weighted by Crippen LogP contribution is -2.00. The first-order valence-electron chi connectivity index (χ1n) is 6.66. The van der Waals surface area contributed by atoms with Crippen LogP contribution in [0.1, 0.15) is 68.0 Å². The van der Waals surface area contributed by atoms with Crippen molar-refractivity contribution in [3.8, 4) is 0 Å². The van der Waals surface area contributed by atoms with Crippen LogP contribution in [0.2, 0.25) is 0 Å². The van der Waals surface area contributed by atoms with Gasteiger partial charge in [-0.05, 0) is 30.9 Å². The first kappa shape index (κ1) is 15.5. The second-order valence-electron chi connectivity index (χ2n) is 4.65. The zero-order valence-electron chi connectivity index (χ0n) is 11.0. The fourth-order valence-corrected chi connectivity index (χ4v) is 3.18. The highest BCUT2D eigenvalue weighted by Gasteiger charge is 2.32. The van der Waals surface area contributed by atoms with Crippen molar-refractivity contribution in [1.29, 1.82) is 0 Å². The number of unbranched alkanes of at least 4 members (excludes halogenated alkanes) is 3. The van der Waals surface area contributed by atoms with E-state index in [1.807, 2.05) is 0 Å². The van der Waals surface area contributed by atoms with E-state index in [9.17, 15) is 13.2 Å². The molecule has 18 heavy (non-hydrogen) atoms. The van der Waals surface area contributed by atoms with Gasteiger partial charge in [-0.3, -0.25) is 0 Å². The Labute approximate surface area is 111 Å². The quantitative estimate of drug-likeness (QED) is 0.518. The molecule has 4 heteroatoms. The van der Waals surface area contributed by atoms with E-state index in [2.05, 4.69) is 13.8 Å². The lowest BCUT2D eigenvalue weighted by Gasteiger charge is -2.12. The Balaban J connectivity index is 2.57. The van der Waals surface area contributed by atoms with E-state index >= 15 is 0 Å². The molecule has 0 nitrogen and oxygen atoms in total. The van der Waals surface area contributed by atoms with Crippen LogP contribution >= 0.6 is 11.3 Å². The monoisotopic (exact) mass is 278 g/mol. The molecule has 0 saturated heterocycles. The maximum absolute atomic E-state index is 12.5. The van der Waals surface area contributed by atoms with Crippen molar-refractivity contribution in [1.82, 2.24) is 0 Å². The van der Waals surface area contributed by atoms with Crippen LogP contribution in [0.3, 0.4) is 0 Å². The summed E-state index contributed by atoms with van der Waals surface area (Å²) in [4.78, 5) is 0.422. The molecule has 1 unspecified atom stereocenters. The Hall–Kier alpha value is -0.510. The van der Waals surface area contributed by atoms with Gasteiger partial charge >= 0.3 is 6.18 Å². The number of hydrogen-bond donors (Lipinski definition) is 0. The van der Waals surface area contributed by atoms with Gasteiger partial charge in [0, 0.05) is 4.88 Å². The van der Waals surface area contributed by atoms with Crippen LogP contribution in [0, 0.1) is 0 Å². The standard InChI is InChI=1S/C14H21F3S/c1-3-5-6-7-8-11(4-2)12-9-10-13(18-12)14(15,16)17/h9-11H,3-8H2,1-2H3. The maximum Gasteiger partial charge on any atom is 0.425 e. The van der Waals surface area contributed by atoms with Crippen molar-refractivity contribution in [2.45, 2.75) is 64.5 Å². The SMILES string of the molecule is CCCCCCC(CC)c1ccc(C(F)(F)F)s1. The van der Waals surface area contributed by atoms with Gasteiger partial charge in [0.2, 0.25) is 0 Å². The normalized spacial score (nSPS) is 13.8. The van der Waals surface area contributed by atoms with E-state index in [-0.39, 0.29) is 0 Å². The zero-order chi connectivity index (χ0) is 13.6. The van der Waals surface area contributed by atoms with Crippen molar-refractivity contribution < 1.29 is 13.2 Å². The van der Waals surface area contributed by atoms with Crippen LogP contribution in [0.4, 0.5) is 13.2 Å². The molecule has 1 atom stereocenters. The maximum atomic E-state index is 12.5. The average molecular weight is 278 g/mol. The molecular formula is C14H21F3S. The molecule has 1 heterocycles. The third-order valence-corrected chi connectivity index (χ3v) is 4.50. The van der Waals surface area contributed by atoms with E-state index in [0.29, 0.717) is 5.92 Å². The molecular weight excluding hydrogens is 257 g/mol. The molecule has 0 aliphatic heterocycles. The molecule has 1 rings (SSSR count). The lowest BCUT2D eigenvalue weighted by atomic mass is 9.97. The number of halogens is 3. The molecule has 0 spiro atoms. The summed E-state index contributed by atoms with van der Waals surface area (Å²) < 4.78 is 37.6. The highest BCUT2D eigenvalue weighted by Crippen LogP contribution is 2.39. The van der Waals surface area contributed by atoms with E-state index in [4.69, 9.17) is 0 Å². The molecule has 0 N–H and O–H groups in total. The predicted octanol–water partition coefficient (Wildman–Crippen LogP) is 6.23. The first-order valence-corrected chi connectivity index (χ1v) is 7.47. The van der Waals surface area contributed by atoms with Gasteiger partial charge < -0.3 is 0 Å². The Morgan fingerprint density at radius 1 is 1.11 bits per heavy atom. The highest BCUT2D eigenvalue weighted by atomic mass is 32.1. The Morgan fingerprint density at radius 3 is 2.33 bits per heavy atom. The molecule has 0 aromatic carbocycles.